The highest BCUT2D eigenvalue weighted by atomic mass is 16.4. The van der Waals surface area contributed by atoms with Gasteiger partial charge in [-0.2, -0.15) is 0 Å². The molecule has 2 heterocycles. The van der Waals surface area contributed by atoms with Crippen molar-refractivity contribution in [3.8, 4) is 0 Å². The van der Waals surface area contributed by atoms with Crippen LogP contribution >= 0.6 is 0 Å². The molecule has 3 rings (SSSR count). The second-order valence-corrected chi connectivity index (χ2v) is 7.00. The summed E-state index contributed by atoms with van der Waals surface area (Å²) < 4.78 is 5.85. The lowest BCUT2D eigenvalue weighted by Crippen LogP contribution is -2.43. The molecular weight excluding hydrogens is 338 g/mol. The fourth-order valence-electron chi connectivity index (χ4n) is 3.20. The molecule has 1 amide bonds. The average Bonchev–Trinajstić information content (AvgIpc) is 3.16. The van der Waals surface area contributed by atoms with Crippen molar-refractivity contribution in [2.24, 2.45) is 0 Å². The van der Waals surface area contributed by atoms with Crippen molar-refractivity contribution in [1.82, 2.24) is 14.7 Å². The molecular formula is C22H29N3O2. The highest BCUT2D eigenvalue weighted by Gasteiger charge is 2.19. The zero-order valence-electron chi connectivity index (χ0n) is 16.3. The van der Waals surface area contributed by atoms with Crippen molar-refractivity contribution in [1.29, 1.82) is 0 Å². The van der Waals surface area contributed by atoms with E-state index in [0.29, 0.717) is 18.8 Å². The van der Waals surface area contributed by atoms with E-state index in [-0.39, 0.29) is 5.91 Å². The molecule has 0 bridgehead atoms. The first kappa shape index (κ1) is 19.4. The summed E-state index contributed by atoms with van der Waals surface area (Å²) in [7, 11) is 2.15. The number of hydrogen-bond donors (Lipinski definition) is 0. The second-order valence-electron chi connectivity index (χ2n) is 7.00. The molecule has 0 atom stereocenters. The number of benzene rings is 1. The third kappa shape index (κ3) is 5.55. The maximum atomic E-state index is 12.7. The molecule has 1 aromatic heterocycles. The number of hydrogen-bond acceptors (Lipinski definition) is 4. The number of likely N-dealkylation sites (N-methyl/N-ethyl adjacent to an activating group) is 2. The number of nitrogens with zero attached hydrogens (tertiary/aromatic N) is 3. The van der Waals surface area contributed by atoms with E-state index < -0.39 is 0 Å². The van der Waals surface area contributed by atoms with E-state index in [1.807, 2.05) is 55.5 Å². The molecule has 1 aliphatic heterocycles. The lowest BCUT2D eigenvalue weighted by molar-refractivity contribution is 0.0744. The van der Waals surface area contributed by atoms with E-state index in [4.69, 9.17) is 4.42 Å². The van der Waals surface area contributed by atoms with E-state index >= 15 is 0 Å². The summed E-state index contributed by atoms with van der Waals surface area (Å²) >= 11 is 0. The molecule has 0 radical (unpaired) electrons. The van der Waals surface area contributed by atoms with Crippen LogP contribution in [-0.2, 0) is 6.54 Å². The Hall–Kier alpha value is -2.37. The molecule has 144 valence electrons. The highest BCUT2D eigenvalue weighted by Crippen LogP contribution is 2.14. The fraction of sp³-hybridized carbons (Fsp3) is 0.409. The SMILES string of the molecule is CCN(CC=Cc1ccccc1)C(=O)c1ccc(CN2CCN(C)CC2)o1. The Morgan fingerprint density at radius 2 is 1.85 bits per heavy atom. The maximum absolute atomic E-state index is 12.7. The lowest BCUT2D eigenvalue weighted by atomic mass is 10.2. The van der Waals surface area contributed by atoms with Crippen molar-refractivity contribution in [2.75, 3.05) is 46.3 Å². The number of furan rings is 1. The molecule has 1 saturated heterocycles. The summed E-state index contributed by atoms with van der Waals surface area (Å²) in [5.74, 6) is 1.23. The van der Waals surface area contributed by atoms with Crippen LogP contribution in [0.2, 0.25) is 0 Å². The first-order chi connectivity index (χ1) is 13.2. The van der Waals surface area contributed by atoms with Crippen LogP contribution in [0.1, 0.15) is 28.8 Å². The predicted molar refractivity (Wildman–Crippen MR) is 109 cm³/mol. The molecule has 1 aromatic carbocycles. The standard InChI is InChI=1S/C22H29N3O2/c1-3-25(13-7-10-19-8-5-4-6-9-19)22(26)21-12-11-20(27-21)18-24-16-14-23(2)15-17-24/h4-12H,3,13-18H2,1-2H3. The van der Waals surface area contributed by atoms with Gasteiger partial charge in [0.05, 0.1) is 6.54 Å². The Kier molecular flexibility index (Phi) is 6.85. The van der Waals surface area contributed by atoms with Crippen molar-refractivity contribution in [3.63, 3.8) is 0 Å². The minimum absolute atomic E-state index is 0.0557. The summed E-state index contributed by atoms with van der Waals surface area (Å²) in [6.07, 6.45) is 4.06. The van der Waals surface area contributed by atoms with Crippen LogP contribution < -0.4 is 0 Å². The van der Waals surface area contributed by atoms with Crippen molar-refractivity contribution < 1.29 is 9.21 Å². The van der Waals surface area contributed by atoms with E-state index in [9.17, 15) is 4.79 Å². The van der Waals surface area contributed by atoms with Crippen molar-refractivity contribution in [3.05, 3.63) is 65.6 Å². The summed E-state index contributed by atoms with van der Waals surface area (Å²) in [4.78, 5) is 19.2. The maximum Gasteiger partial charge on any atom is 0.289 e. The third-order valence-corrected chi connectivity index (χ3v) is 4.95. The van der Waals surface area contributed by atoms with E-state index in [2.05, 4.69) is 16.8 Å². The molecule has 0 N–H and O–H groups in total. The van der Waals surface area contributed by atoms with Gasteiger partial charge < -0.3 is 14.2 Å². The quantitative estimate of drug-likeness (QED) is 0.753. The van der Waals surface area contributed by atoms with E-state index in [0.717, 1.165) is 44.0 Å². The third-order valence-electron chi connectivity index (χ3n) is 4.95. The van der Waals surface area contributed by atoms with Crippen molar-refractivity contribution in [2.45, 2.75) is 13.5 Å². The van der Waals surface area contributed by atoms with Gasteiger partial charge in [-0.05, 0) is 31.7 Å². The first-order valence-electron chi connectivity index (χ1n) is 9.66. The van der Waals surface area contributed by atoms with Gasteiger partial charge in [-0.1, -0.05) is 42.5 Å². The summed E-state index contributed by atoms with van der Waals surface area (Å²) in [6, 6.07) is 13.8. The number of amides is 1. The van der Waals surface area contributed by atoms with E-state index in [1.165, 1.54) is 0 Å². The fourth-order valence-corrected chi connectivity index (χ4v) is 3.20. The van der Waals surface area contributed by atoms with E-state index in [1.54, 1.807) is 11.0 Å². The largest absolute Gasteiger partial charge is 0.455 e. The lowest BCUT2D eigenvalue weighted by Gasteiger charge is -2.31. The molecule has 2 aromatic rings. The Labute approximate surface area is 161 Å². The number of piperazine rings is 1. The van der Waals surface area contributed by atoms with Gasteiger partial charge in [-0.15, -0.1) is 0 Å². The van der Waals surface area contributed by atoms with Crippen LogP contribution in [0.5, 0.6) is 0 Å². The second kappa shape index (κ2) is 9.53. The predicted octanol–water partition coefficient (Wildman–Crippen LogP) is 3.20. The van der Waals surface area contributed by atoms with Crippen molar-refractivity contribution >= 4 is 12.0 Å². The topological polar surface area (TPSA) is 39.9 Å². The monoisotopic (exact) mass is 367 g/mol. The summed E-state index contributed by atoms with van der Waals surface area (Å²) in [5, 5.41) is 0. The zero-order valence-corrected chi connectivity index (χ0v) is 16.3. The van der Waals surface area contributed by atoms with Crippen LogP contribution in [-0.4, -0.2) is 66.9 Å². The van der Waals surface area contributed by atoms with Gasteiger partial charge in [0, 0.05) is 39.3 Å². The van der Waals surface area contributed by atoms with Gasteiger partial charge in [-0.25, -0.2) is 0 Å². The average molecular weight is 367 g/mol. The number of rotatable bonds is 7. The first-order valence-corrected chi connectivity index (χ1v) is 9.66. The van der Waals surface area contributed by atoms with Gasteiger partial charge in [0.15, 0.2) is 5.76 Å². The van der Waals surface area contributed by atoms with Gasteiger partial charge in [-0.3, -0.25) is 9.69 Å². The van der Waals surface area contributed by atoms with Crippen LogP contribution in [0, 0.1) is 0 Å². The molecule has 0 spiro atoms. The van der Waals surface area contributed by atoms with Gasteiger partial charge in [0.2, 0.25) is 0 Å². The Morgan fingerprint density at radius 3 is 2.56 bits per heavy atom. The van der Waals surface area contributed by atoms with Crippen LogP contribution in [0.25, 0.3) is 6.08 Å². The molecule has 5 heteroatoms. The molecule has 1 aliphatic rings. The molecule has 0 aliphatic carbocycles. The zero-order chi connectivity index (χ0) is 19.1. The number of carbonyl (C=O) groups is 1. The molecule has 5 nitrogen and oxygen atoms in total. The normalized spacial score (nSPS) is 16.1. The minimum atomic E-state index is -0.0557. The van der Waals surface area contributed by atoms with Gasteiger partial charge in [0.1, 0.15) is 5.76 Å². The van der Waals surface area contributed by atoms with Gasteiger partial charge >= 0.3 is 0 Å². The molecule has 27 heavy (non-hydrogen) atoms. The Bertz CT molecular complexity index is 746. The summed E-state index contributed by atoms with van der Waals surface area (Å²) in [6.45, 7) is 8.18. The van der Waals surface area contributed by atoms with Crippen LogP contribution in [0.3, 0.4) is 0 Å². The van der Waals surface area contributed by atoms with Crippen LogP contribution in [0.15, 0.2) is 53.0 Å². The molecule has 0 saturated carbocycles. The molecule has 0 unspecified atom stereocenters. The van der Waals surface area contributed by atoms with Crippen LogP contribution in [0.4, 0.5) is 0 Å². The Balaban J connectivity index is 1.55. The van der Waals surface area contributed by atoms with Gasteiger partial charge in [0.25, 0.3) is 5.91 Å². The minimum Gasteiger partial charge on any atom is -0.455 e. The Morgan fingerprint density at radius 1 is 1.11 bits per heavy atom. The molecule has 1 fully saturated rings. The highest BCUT2D eigenvalue weighted by molar-refractivity contribution is 5.91. The number of carbonyl (C=O) groups excluding carboxylic acids is 1. The smallest absolute Gasteiger partial charge is 0.289 e. The summed E-state index contributed by atoms with van der Waals surface area (Å²) in [5.41, 5.74) is 1.13.